The number of nitrogens with one attached hydrogen (secondary N) is 2. The van der Waals surface area contributed by atoms with Crippen LogP contribution in [0.15, 0.2) is 12.3 Å². The second-order valence-electron chi connectivity index (χ2n) is 7.48. The van der Waals surface area contributed by atoms with E-state index in [1.807, 2.05) is 0 Å². The average Bonchev–Trinajstić information content (AvgIpc) is 2.98. The molecule has 0 unspecified atom stereocenters. The molecule has 1 fully saturated rings. The normalized spacial score (nSPS) is 16.0. The summed E-state index contributed by atoms with van der Waals surface area (Å²) in [5.74, 6) is -0.333. The van der Waals surface area contributed by atoms with Gasteiger partial charge in [0.1, 0.15) is 11.3 Å². The Hall–Kier alpha value is -2.35. The Kier molecular flexibility index (Phi) is 6.07. The van der Waals surface area contributed by atoms with Gasteiger partial charge in [-0.25, -0.2) is 9.78 Å². The Morgan fingerprint density at radius 1 is 1.31 bits per heavy atom. The lowest BCUT2D eigenvalue weighted by Crippen LogP contribution is -2.41. The quantitative estimate of drug-likeness (QED) is 0.739. The molecular weight excluding hydrogens is 338 g/mol. The summed E-state index contributed by atoms with van der Waals surface area (Å²) in [6, 6.07) is 1.48. The number of nitrogens with zero attached hydrogens (tertiary/aromatic N) is 1. The number of methoxy groups -OCH3 is 1. The number of amides is 2. The first-order valence-electron chi connectivity index (χ1n) is 8.67. The molecule has 1 aliphatic rings. The maximum Gasteiger partial charge on any atom is 0.412 e. The highest BCUT2D eigenvalue weighted by atomic mass is 16.6. The third kappa shape index (κ3) is 5.32. The van der Waals surface area contributed by atoms with Crippen molar-refractivity contribution in [3.05, 3.63) is 17.8 Å². The highest BCUT2D eigenvalue weighted by Crippen LogP contribution is 2.30. The van der Waals surface area contributed by atoms with E-state index in [4.69, 9.17) is 9.47 Å². The van der Waals surface area contributed by atoms with Gasteiger partial charge in [0.2, 0.25) is 5.88 Å². The first kappa shape index (κ1) is 20.0. The predicted molar refractivity (Wildman–Crippen MR) is 96.4 cm³/mol. The SMILES string of the molecule is COc1nccc(C(=O)NCC2(O)CCCC2)c1NC(=O)OC(C)(C)C. The van der Waals surface area contributed by atoms with Gasteiger partial charge in [-0.1, -0.05) is 12.8 Å². The van der Waals surface area contributed by atoms with Gasteiger partial charge in [-0.3, -0.25) is 10.1 Å². The largest absolute Gasteiger partial charge is 0.479 e. The minimum Gasteiger partial charge on any atom is -0.479 e. The van der Waals surface area contributed by atoms with Gasteiger partial charge < -0.3 is 19.9 Å². The second-order valence-corrected chi connectivity index (χ2v) is 7.48. The maximum atomic E-state index is 12.6. The Morgan fingerprint density at radius 2 is 1.96 bits per heavy atom. The van der Waals surface area contributed by atoms with Crippen LogP contribution in [0.25, 0.3) is 0 Å². The van der Waals surface area contributed by atoms with Crippen LogP contribution in [0.2, 0.25) is 0 Å². The minimum absolute atomic E-state index is 0.100. The number of aliphatic hydroxyl groups is 1. The minimum atomic E-state index is -0.870. The number of hydrogen-bond donors (Lipinski definition) is 3. The van der Waals surface area contributed by atoms with Crippen molar-refractivity contribution in [2.75, 3.05) is 19.0 Å². The molecule has 0 aromatic carbocycles. The number of carbonyl (C=O) groups is 2. The number of carbonyl (C=O) groups excluding carboxylic acids is 2. The molecule has 0 spiro atoms. The molecule has 2 amide bonds. The van der Waals surface area contributed by atoms with E-state index in [2.05, 4.69) is 15.6 Å². The second kappa shape index (κ2) is 7.90. The third-order valence-corrected chi connectivity index (χ3v) is 4.09. The number of aromatic nitrogens is 1. The van der Waals surface area contributed by atoms with Gasteiger partial charge in [0.05, 0.1) is 18.3 Å². The first-order chi connectivity index (χ1) is 12.1. The van der Waals surface area contributed by atoms with Crippen LogP contribution in [-0.2, 0) is 4.74 Å². The molecule has 0 bridgehead atoms. The molecule has 0 atom stereocenters. The molecule has 3 N–H and O–H groups in total. The van der Waals surface area contributed by atoms with Crippen molar-refractivity contribution < 1.29 is 24.2 Å². The van der Waals surface area contributed by atoms with Gasteiger partial charge in [0.25, 0.3) is 5.91 Å². The molecule has 0 radical (unpaired) electrons. The van der Waals surface area contributed by atoms with Crippen LogP contribution in [0.3, 0.4) is 0 Å². The Balaban J connectivity index is 2.16. The molecule has 8 heteroatoms. The van der Waals surface area contributed by atoms with Gasteiger partial charge in [-0.05, 0) is 39.7 Å². The van der Waals surface area contributed by atoms with Gasteiger partial charge in [-0.15, -0.1) is 0 Å². The average molecular weight is 365 g/mol. The van der Waals surface area contributed by atoms with E-state index in [9.17, 15) is 14.7 Å². The molecule has 1 aliphatic carbocycles. The van der Waals surface area contributed by atoms with E-state index in [-0.39, 0.29) is 23.7 Å². The lowest BCUT2D eigenvalue weighted by atomic mass is 10.0. The van der Waals surface area contributed by atoms with Gasteiger partial charge >= 0.3 is 6.09 Å². The summed E-state index contributed by atoms with van der Waals surface area (Å²) in [4.78, 5) is 28.7. The van der Waals surface area contributed by atoms with Crippen molar-refractivity contribution in [3.63, 3.8) is 0 Å². The Bertz CT molecular complexity index is 663. The van der Waals surface area contributed by atoms with E-state index in [1.54, 1.807) is 20.8 Å². The van der Waals surface area contributed by atoms with Crippen LogP contribution >= 0.6 is 0 Å². The zero-order chi connectivity index (χ0) is 19.4. The molecule has 1 heterocycles. The van der Waals surface area contributed by atoms with Crippen LogP contribution in [0, 0.1) is 0 Å². The summed E-state index contributed by atoms with van der Waals surface area (Å²) >= 11 is 0. The smallest absolute Gasteiger partial charge is 0.412 e. The molecule has 1 aromatic rings. The third-order valence-electron chi connectivity index (χ3n) is 4.09. The highest BCUT2D eigenvalue weighted by Gasteiger charge is 2.32. The molecule has 8 nitrogen and oxygen atoms in total. The summed E-state index contributed by atoms with van der Waals surface area (Å²) in [5.41, 5.74) is -1.25. The summed E-state index contributed by atoms with van der Waals surface area (Å²) in [6.07, 6.45) is 3.92. The number of pyridine rings is 1. The van der Waals surface area contributed by atoms with Crippen molar-refractivity contribution in [3.8, 4) is 5.88 Å². The van der Waals surface area contributed by atoms with Crippen molar-refractivity contribution >= 4 is 17.7 Å². The van der Waals surface area contributed by atoms with Crippen LogP contribution in [-0.4, -0.2) is 46.9 Å². The number of ether oxygens (including phenoxy) is 2. The van der Waals surface area contributed by atoms with Crippen LogP contribution < -0.4 is 15.4 Å². The van der Waals surface area contributed by atoms with E-state index < -0.39 is 23.2 Å². The molecule has 1 aromatic heterocycles. The molecule has 2 rings (SSSR count). The van der Waals surface area contributed by atoms with E-state index in [1.165, 1.54) is 19.4 Å². The number of rotatable bonds is 5. The van der Waals surface area contributed by atoms with Crippen molar-refractivity contribution in [1.82, 2.24) is 10.3 Å². The fraction of sp³-hybridized carbons (Fsp3) is 0.611. The Labute approximate surface area is 153 Å². The van der Waals surface area contributed by atoms with Crippen LogP contribution in [0.1, 0.15) is 56.8 Å². The summed E-state index contributed by atoms with van der Waals surface area (Å²) in [6.45, 7) is 5.37. The van der Waals surface area contributed by atoms with Crippen LogP contribution in [0.4, 0.5) is 10.5 Å². The van der Waals surface area contributed by atoms with E-state index >= 15 is 0 Å². The van der Waals surface area contributed by atoms with E-state index in [0.717, 1.165) is 12.8 Å². The van der Waals surface area contributed by atoms with Gasteiger partial charge in [0, 0.05) is 12.7 Å². The molecule has 26 heavy (non-hydrogen) atoms. The van der Waals surface area contributed by atoms with E-state index in [0.29, 0.717) is 12.8 Å². The predicted octanol–water partition coefficient (Wildman–Crippen LogP) is 2.47. The van der Waals surface area contributed by atoms with Gasteiger partial charge in [0.15, 0.2) is 0 Å². The van der Waals surface area contributed by atoms with Crippen molar-refractivity contribution in [1.29, 1.82) is 0 Å². The van der Waals surface area contributed by atoms with Crippen molar-refractivity contribution in [2.45, 2.75) is 57.7 Å². The molecule has 1 saturated carbocycles. The summed E-state index contributed by atoms with van der Waals surface area (Å²) in [7, 11) is 1.39. The fourth-order valence-corrected chi connectivity index (χ4v) is 2.86. The topological polar surface area (TPSA) is 110 Å². The number of hydrogen-bond acceptors (Lipinski definition) is 6. The monoisotopic (exact) mass is 365 g/mol. The van der Waals surface area contributed by atoms with Crippen molar-refractivity contribution in [2.24, 2.45) is 0 Å². The zero-order valence-corrected chi connectivity index (χ0v) is 15.7. The first-order valence-corrected chi connectivity index (χ1v) is 8.67. The highest BCUT2D eigenvalue weighted by molar-refractivity contribution is 6.03. The van der Waals surface area contributed by atoms with Gasteiger partial charge in [-0.2, -0.15) is 0 Å². The summed E-state index contributed by atoms with van der Waals surface area (Å²) in [5, 5.41) is 15.7. The Morgan fingerprint density at radius 3 is 2.54 bits per heavy atom. The summed E-state index contributed by atoms with van der Waals surface area (Å²) < 4.78 is 10.4. The maximum absolute atomic E-state index is 12.6. The van der Waals surface area contributed by atoms with Crippen LogP contribution in [0.5, 0.6) is 5.88 Å². The molecule has 144 valence electrons. The lowest BCUT2D eigenvalue weighted by molar-refractivity contribution is 0.0449. The lowest BCUT2D eigenvalue weighted by Gasteiger charge is -2.23. The standard InChI is InChI=1S/C18H27N3O5/c1-17(2,3)26-16(23)21-13-12(7-10-19-15(13)25-4)14(22)20-11-18(24)8-5-6-9-18/h7,10,24H,5-6,8-9,11H2,1-4H3,(H,20,22)(H,21,23). The number of anilines is 1. The molecular formula is C18H27N3O5. The molecule has 0 saturated heterocycles. The zero-order valence-electron chi connectivity index (χ0n) is 15.7. The molecule has 0 aliphatic heterocycles. The fourth-order valence-electron chi connectivity index (χ4n) is 2.86.